The van der Waals surface area contributed by atoms with Crippen LogP contribution in [0.2, 0.25) is 5.02 Å². The van der Waals surface area contributed by atoms with Crippen LogP contribution in [0.1, 0.15) is 29.6 Å². The quantitative estimate of drug-likeness (QED) is 0.757. The Morgan fingerprint density at radius 1 is 1.10 bits per heavy atom. The number of hydrogen-bond donors (Lipinski definition) is 1. The highest BCUT2D eigenvalue weighted by Crippen LogP contribution is 2.25. The van der Waals surface area contributed by atoms with E-state index in [2.05, 4.69) is 5.32 Å². The Bertz CT molecular complexity index is 1030. The number of halogens is 4. The first kappa shape index (κ1) is 21.6. The van der Waals surface area contributed by atoms with Crippen LogP contribution in [-0.4, -0.2) is 37.9 Å². The van der Waals surface area contributed by atoms with E-state index in [0.717, 1.165) is 28.6 Å². The van der Waals surface area contributed by atoms with Gasteiger partial charge in [0.25, 0.3) is 5.91 Å². The predicted molar refractivity (Wildman–Crippen MR) is 103 cm³/mol. The molecule has 2 aromatic rings. The van der Waals surface area contributed by atoms with E-state index in [0.29, 0.717) is 12.8 Å². The third kappa shape index (κ3) is 4.91. The molecule has 0 spiro atoms. The molecular formula is C19H18ClF3N2O3S. The van der Waals surface area contributed by atoms with Gasteiger partial charge in [-0.05, 0) is 55.7 Å². The van der Waals surface area contributed by atoms with Gasteiger partial charge in [-0.2, -0.15) is 4.31 Å². The van der Waals surface area contributed by atoms with E-state index < -0.39 is 38.6 Å². The van der Waals surface area contributed by atoms with Crippen molar-refractivity contribution in [3.8, 4) is 0 Å². The van der Waals surface area contributed by atoms with Gasteiger partial charge in [0, 0.05) is 24.3 Å². The van der Waals surface area contributed by atoms with Gasteiger partial charge >= 0.3 is 0 Å². The molecule has 5 nitrogen and oxygen atoms in total. The lowest BCUT2D eigenvalue weighted by atomic mass is 10.2. The lowest BCUT2D eigenvalue weighted by Gasteiger charge is -2.21. The van der Waals surface area contributed by atoms with Crippen LogP contribution in [0.4, 0.5) is 18.9 Å². The van der Waals surface area contributed by atoms with Gasteiger partial charge in [0.05, 0.1) is 5.02 Å². The Balaban J connectivity index is 1.88. The summed E-state index contributed by atoms with van der Waals surface area (Å²) in [6.07, 6.45) is -0.0764. The fourth-order valence-electron chi connectivity index (χ4n) is 3.03. The van der Waals surface area contributed by atoms with Gasteiger partial charge in [-0.25, -0.2) is 21.6 Å². The summed E-state index contributed by atoms with van der Waals surface area (Å²) in [6.45, 7) is -0.279. The monoisotopic (exact) mass is 446 g/mol. The van der Waals surface area contributed by atoms with E-state index in [1.165, 1.54) is 12.1 Å². The van der Waals surface area contributed by atoms with Crippen molar-refractivity contribution in [2.45, 2.75) is 30.3 Å². The molecule has 1 N–H and O–H groups in total. The molecule has 0 radical (unpaired) electrons. The van der Waals surface area contributed by atoms with E-state index in [-0.39, 0.29) is 35.8 Å². The van der Waals surface area contributed by atoms with Crippen LogP contribution in [0, 0.1) is 11.6 Å². The van der Waals surface area contributed by atoms with Crippen LogP contribution in [0.5, 0.6) is 0 Å². The molecule has 3 rings (SSSR count). The molecule has 1 amide bonds. The fraction of sp³-hybridized carbons (Fsp3) is 0.316. The largest absolute Gasteiger partial charge is 0.322 e. The molecule has 1 atom stereocenters. The summed E-state index contributed by atoms with van der Waals surface area (Å²) in [7, 11) is -4.32. The molecule has 1 aliphatic rings. The van der Waals surface area contributed by atoms with Gasteiger partial charge in [0.1, 0.15) is 22.7 Å². The maximum Gasteiger partial charge on any atom is 0.255 e. The molecule has 0 saturated carbocycles. The highest BCUT2D eigenvalue weighted by Gasteiger charge is 2.31. The van der Waals surface area contributed by atoms with Crippen molar-refractivity contribution >= 4 is 33.2 Å². The normalized spacial score (nSPS) is 18.3. The SMILES string of the molecule is O=C(Nc1ccc(F)c(Cl)c1)c1ccc(F)c(S(=O)(=O)N2CCCCC(F)C2)c1. The molecule has 10 heteroatoms. The number of nitrogens with one attached hydrogen (secondary N) is 1. The van der Waals surface area contributed by atoms with Crippen LogP contribution in [0.15, 0.2) is 41.3 Å². The number of benzene rings is 2. The Hall–Kier alpha value is -2.10. The summed E-state index contributed by atoms with van der Waals surface area (Å²) in [4.78, 5) is 11.7. The van der Waals surface area contributed by atoms with Crippen molar-refractivity contribution in [2.75, 3.05) is 18.4 Å². The zero-order chi connectivity index (χ0) is 21.2. The van der Waals surface area contributed by atoms with Gasteiger partial charge in [-0.3, -0.25) is 4.79 Å². The van der Waals surface area contributed by atoms with E-state index in [4.69, 9.17) is 11.6 Å². The molecule has 1 aliphatic heterocycles. The molecule has 156 valence electrons. The van der Waals surface area contributed by atoms with Crippen LogP contribution < -0.4 is 5.32 Å². The molecule has 29 heavy (non-hydrogen) atoms. The summed E-state index contributed by atoms with van der Waals surface area (Å²) >= 11 is 5.67. The fourth-order valence-corrected chi connectivity index (χ4v) is 4.81. The minimum Gasteiger partial charge on any atom is -0.322 e. The molecule has 1 fully saturated rings. The highest BCUT2D eigenvalue weighted by atomic mass is 35.5. The second-order valence-corrected chi connectivity index (χ2v) is 9.00. The van der Waals surface area contributed by atoms with Crippen LogP contribution >= 0.6 is 11.6 Å². The number of carbonyl (C=O) groups excluding carboxylic acids is 1. The molecule has 1 saturated heterocycles. The summed E-state index contributed by atoms with van der Waals surface area (Å²) in [5.74, 6) is -2.43. The molecule has 0 bridgehead atoms. The van der Waals surface area contributed by atoms with Crippen LogP contribution in [0.25, 0.3) is 0 Å². The topological polar surface area (TPSA) is 66.5 Å². The zero-order valence-corrected chi connectivity index (χ0v) is 16.7. The molecule has 1 unspecified atom stereocenters. The highest BCUT2D eigenvalue weighted by molar-refractivity contribution is 7.89. The number of sulfonamides is 1. The maximum absolute atomic E-state index is 14.3. The first-order chi connectivity index (χ1) is 13.7. The van der Waals surface area contributed by atoms with Crippen molar-refractivity contribution in [1.82, 2.24) is 4.31 Å². The second-order valence-electron chi connectivity index (χ2n) is 6.68. The predicted octanol–water partition coefficient (Wildman–Crippen LogP) is 4.38. The summed E-state index contributed by atoms with van der Waals surface area (Å²) < 4.78 is 68.0. The van der Waals surface area contributed by atoms with Gasteiger partial charge < -0.3 is 5.32 Å². The molecular weight excluding hydrogens is 429 g/mol. The smallest absolute Gasteiger partial charge is 0.255 e. The molecule has 0 aliphatic carbocycles. The Kier molecular flexibility index (Phi) is 6.50. The van der Waals surface area contributed by atoms with Crippen molar-refractivity contribution in [2.24, 2.45) is 0 Å². The molecule has 0 aromatic heterocycles. The van der Waals surface area contributed by atoms with Gasteiger partial charge in [-0.1, -0.05) is 11.6 Å². The lowest BCUT2D eigenvalue weighted by Crippen LogP contribution is -2.35. The Labute approximate surface area is 171 Å². The van der Waals surface area contributed by atoms with Crippen LogP contribution in [0.3, 0.4) is 0 Å². The summed E-state index contributed by atoms with van der Waals surface area (Å²) in [5, 5.41) is 2.24. The number of hydrogen-bond acceptors (Lipinski definition) is 3. The average molecular weight is 447 g/mol. The molecule has 2 aromatic carbocycles. The van der Waals surface area contributed by atoms with Gasteiger partial charge in [0.15, 0.2) is 0 Å². The number of alkyl halides is 1. The number of carbonyl (C=O) groups is 1. The van der Waals surface area contributed by atoms with Crippen LogP contribution in [-0.2, 0) is 10.0 Å². The average Bonchev–Trinajstić information content (AvgIpc) is 2.90. The molecule has 1 heterocycles. The number of anilines is 1. The minimum atomic E-state index is -4.32. The minimum absolute atomic E-state index is 0.0761. The van der Waals surface area contributed by atoms with Crippen molar-refractivity contribution in [3.05, 3.63) is 58.6 Å². The van der Waals surface area contributed by atoms with Crippen molar-refractivity contribution in [3.63, 3.8) is 0 Å². The lowest BCUT2D eigenvalue weighted by molar-refractivity contribution is 0.102. The first-order valence-corrected chi connectivity index (χ1v) is 10.7. The van der Waals surface area contributed by atoms with E-state index in [9.17, 15) is 26.4 Å². The van der Waals surface area contributed by atoms with E-state index >= 15 is 0 Å². The third-order valence-corrected chi connectivity index (χ3v) is 6.74. The summed E-state index contributed by atoms with van der Waals surface area (Å²) in [5.41, 5.74) is 0.0555. The third-order valence-electron chi connectivity index (χ3n) is 4.57. The van der Waals surface area contributed by atoms with Gasteiger partial charge in [0.2, 0.25) is 10.0 Å². The standard InChI is InChI=1S/C19H18ClF3N2O3S/c20-15-10-14(5-7-16(15)22)24-19(26)12-4-6-17(23)18(9-12)29(27,28)25-8-2-1-3-13(21)11-25/h4-7,9-10,13H,1-3,8,11H2,(H,24,26). The Morgan fingerprint density at radius 3 is 2.55 bits per heavy atom. The number of rotatable bonds is 4. The summed E-state index contributed by atoms with van der Waals surface area (Å²) in [6, 6.07) is 6.42. The number of nitrogens with zero attached hydrogens (tertiary/aromatic N) is 1. The maximum atomic E-state index is 14.3. The second kappa shape index (κ2) is 8.73. The van der Waals surface area contributed by atoms with Crippen molar-refractivity contribution < 1.29 is 26.4 Å². The van der Waals surface area contributed by atoms with Gasteiger partial charge in [-0.15, -0.1) is 0 Å². The van der Waals surface area contributed by atoms with E-state index in [1.54, 1.807) is 0 Å². The first-order valence-electron chi connectivity index (χ1n) is 8.88. The zero-order valence-electron chi connectivity index (χ0n) is 15.2. The van der Waals surface area contributed by atoms with Crippen molar-refractivity contribution in [1.29, 1.82) is 0 Å². The Morgan fingerprint density at radius 2 is 1.83 bits per heavy atom. The number of amides is 1. The van der Waals surface area contributed by atoms with E-state index in [1.807, 2.05) is 0 Å².